The van der Waals surface area contributed by atoms with Gasteiger partial charge in [-0.2, -0.15) is 0 Å². The van der Waals surface area contributed by atoms with Crippen LogP contribution in [0.5, 0.6) is 5.75 Å². The number of carbonyl (C=O) groups is 1. The molecule has 3 rings (SSSR count). The first-order valence-corrected chi connectivity index (χ1v) is 8.63. The number of anilines is 1. The zero-order chi connectivity index (χ0) is 19.2. The highest BCUT2D eigenvalue weighted by molar-refractivity contribution is 6.33. The fraction of sp³-hybridized carbons (Fsp3) is 0.0952. The Labute approximate surface area is 161 Å². The first-order chi connectivity index (χ1) is 13.0. The summed E-state index contributed by atoms with van der Waals surface area (Å²) in [6.45, 7) is 0.530. The fourth-order valence-electron chi connectivity index (χ4n) is 2.56. The monoisotopic (exact) mass is 385 g/mol. The molecule has 6 heteroatoms. The third-order valence-electron chi connectivity index (χ3n) is 3.99. The molecule has 3 aromatic carbocycles. The Balaban J connectivity index is 1.70. The predicted molar refractivity (Wildman–Crippen MR) is 103 cm³/mol. The van der Waals surface area contributed by atoms with Gasteiger partial charge in [0.25, 0.3) is 0 Å². The summed E-state index contributed by atoms with van der Waals surface area (Å²) in [6.07, 6.45) is 0. The van der Waals surface area contributed by atoms with Crippen LogP contribution < -0.4 is 10.1 Å². The Kier molecular flexibility index (Phi) is 5.94. The number of ether oxygens (including phenoxy) is 1. The van der Waals surface area contributed by atoms with Crippen LogP contribution in [0.25, 0.3) is 0 Å². The molecule has 0 bridgehead atoms. The van der Waals surface area contributed by atoms with Gasteiger partial charge in [-0.15, -0.1) is 0 Å². The summed E-state index contributed by atoms with van der Waals surface area (Å²) in [7, 11) is 0. The SMILES string of the molecule is O=C(O)c1cc(NCc2ccccc2OCc2ccccc2F)ccc1Cl. The maximum atomic E-state index is 13.7. The van der Waals surface area contributed by atoms with E-state index in [1.807, 2.05) is 24.3 Å². The number of carboxylic acids is 1. The van der Waals surface area contributed by atoms with Gasteiger partial charge in [0.15, 0.2) is 0 Å². The van der Waals surface area contributed by atoms with E-state index in [1.54, 1.807) is 24.3 Å². The van der Waals surface area contributed by atoms with Crippen molar-refractivity contribution in [3.63, 3.8) is 0 Å². The number of hydrogen-bond donors (Lipinski definition) is 2. The number of carboxylic acid groups (broad SMARTS) is 1. The number of benzene rings is 3. The van der Waals surface area contributed by atoms with Crippen LogP contribution in [0.3, 0.4) is 0 Å². The molecule has 0 fully saturated rings. The molecule has 0 aliphatic rings. The quantitative estimate of drug-likeness (QED) is 0.574. The highest BCUT2D eigenvalue weighted by Gasteiger charge is 2.10. The second kappa shape index (κ2) is 8.56. The molecule has 0 heterocycles. The molecule has 0 saturated heterocycles. The van der Waals surface area contributed by atoms with Crippen LogP contribution in [0.2, 0.25) is 5.02 Å². The van der Waals surface area contributed by atoms with Gasteiger partial charge in [-0.3, -0.25) is 0 Å². The minimum absolute atomic E-state index is 0.0331. The lowest BCUT2D eigenvalue weighted by molar-refractivity contribution is 0.0697. The number of para-hydroxylation sites is 1. The van der Waals surface area contributed by atoms with Crippen molar-refractivity contribution < 1.29 is 19.0 Å². The van der Waals surface area contributed by atoms with Crippen LogP contribution in [-0.2, 0) is 13.2 Å². The summed E-state index contributed by atoms with van der Waals surface area (Å²) in [5, 5.41) is 12.5. The highest BCUT2D eigenvalue weighted by atomic mass is 35.5. The van der Waals surface area contributed by atoms with Crippen molar-refractivity contribution in [3.8, 4) is 5.75 Å². The van der Waals surface area contributed by atoms with Crippen LogP contribution >= 0.6 is 11.6 Å². The van der Waals surface area contributed by atoms with Crippen molar-refractivity contribution >= 4 is 23.3 Å². The molecule has 0 aliphatic carbocycles. The van der Waals surface area contributed by atoms with E-state index in [0.29, 0.717) is 23.5 Å². The van der Waals surface area contributed by atoms with Gasteiger partial charge in [-0.1, -0.05) is 48.0 Å². The molecule has 0 amide bonds. The standard InChI is InChI=1S/C21H17ClFNO3/c22-18-10-9-16(11-17(18)21(25)26)24-12-14-5-2-4-8-20(14)27-13-15-6-1-3-7-19(15)23/h1-11,24H,12-13H2,(H,25,26). The Morgan fingerprint density at radius 1 is 1.04 bits per heavy atom. The molecular formula is C21H17ClFNO3. The zero-order valence-electron chi connectivity index (χ0n) is 14.3. The summed E-state index contributed by atoms with van der Waals surface area (Å²) >= 11 is 5.89. The van der Waals surface area contributed by atoms with Crippen molar-refractivity contribution in [1.82, 2.24) is 0 Å². The average molecular weight is 386 g/mol. The van der Waals surface area contributed by atoms with Crippen molar-refractivity contribution in [1.29, 1.82) is 0 Å². The zero-order valence-corrected chi connectivity index (χ0v) is 15.0. The van der Waals surface area contributed by atoms with Crippen molar-refractivity contribution in [3.05, 3.63) is 94.3 Å². The van der Waals surface area contributed by atoms with E-state index in [9.17, 15) is 9.18 Å². The van der Waals surface area contributed by atoms with Gasteiger partial charge in [-0.05, 0) is 30.3 Å². The maximum absolute atomic E-state index is 13.7. The fourth-order valence-corrected chi connectivity index (χ4v) is 2.76. The summed E-state index contributed by atoms with van der Waals surface area (Å²) in [5.74, 6) is -0.770. The lowest BCUT2D eigenvalue weighted by atomic mass is 10.1. The normalized spacial score (nSPS) is 10.4. The second-order valence-corrected chi connectivity index (χ2v) is 6.25. The number of nitrogens with one attached hydrogen (secondary N) is 1. The van der Waals surface area contributed by atoms with Crippen molar-refractivity contribution in [2.24, 2.45) is 0 Å². The number of halogens is 2. The Hall–Kier alpha value is -3.05. The largest absolute Gasteiger partial charge is 0.488 e. The van der Waals surface area contributed by atoms with Crippen molar-refractivity contribution in [2.45, 2.75) is 13.2 Å². The summed E-state index contributed by atoms with van der Waals surface area (Å²) in [4.78, 5) is 11.2. The molecular weight excluding hydrogens is 369 g/mol. The van der Waals surface area contributed by atoms with Gasteiger partial charge in [0.2, 0.25) is 0 Å². The molecule has 0 unspecified atom stereocenters. The van der Waals surface area contributed by atoms with Gasteiger partial charge in [-0.25, -0.2) is 9.18 Å². The van der Waals surface area contributed by atoms with E-state index in [4.69, 9.17) is 21.4 Å². The molecule has 0 atom stereocenters. The number of hydrogen-bond acceptors (Lipinski definition) is 3. The Morgan fingerprint density at radius 2 is 1.74 bits per heavy atom. The minimum atomic E-state index is -1.09. The second-order valence-electron chi connectivity index (χ2n) is 5.84. The highest BCUT2D eigenvalue weighted by Crippen LogP contribution is 2.24. The van der Waals surface area contributed by atoms with Crippen LogP contribution in [-0.4, -0.2) is 11.1 Å². The summed E-state index contributed by atoms with van der Waals surface area (Å²) < 4.78 is 19.5. The third kappa shape index (κ3) is 4.77. The first-order valence-electron chi connectivity index (χ1n) is 8.25. The van der Waals surface area contributed by atoms with E-state index >= 15 is 0 Å². The summed E-state index contributed by atoms with van der Waals surface area (Å²) in [6, 6.07) is 18.6. The maximum Gasteiger partial charge on any atom is 0.337 e. The van der Waals surface area contributed by atoms with Gasteiger partial charge in [0.1, 0.15) is 18.2 Å². The first kappa shape index (κ1) is 18.7. The van der Waals surface area contributed by atoms with Crippen molar-refractivity contribution in [2.75, 3.05) is 5.32 Å². The predicted octanol–water partition coefficient (Wildman–Crippen LogP) is 5.37. The third-order valence-corrected chi connectivity index (χ3v) is 4.32. The molecule has 138 valence electrons. The van der Waals surface area contributed by atoms with Gasteiger partial charge in [0.05, 0.1) is 10.6 Å². The number of aromatic carboxylic acids is 1. The van der Waals surface area contributed by atoms with Crippen LogP contribution in [0.15, 0.2) is 66.7 Å². The Bertz CT molecular complexity index is 962. The average Bonchev–Trinajstić information content (AvgIpc) is 2.67. The van der Waals surface area contributed by atoms with Gasteiger partial charge in [0, 0.05) is 23.4 Å². The van der Waals surface area contributed by atoms with Crippen LogP contribution in [0, 0.1) is 5.82 Å². The molecule has 2 N–H and O–H groups in total. The molecule has 0 spiro atoms. The smallest absolute Gasteiger partial charge is 0.337 e. The van der Waals surface area contributed by atoms with Gasteiger partial charge >= 0.3 is 5.97 Å². The van der Waals surface area contributed by atoms with E-state index in [0.717, 1.165) is 5.56 Å². The summed E-state index contributed by atoms with van der Waals surface area (Å²) in [5.41, 5.74) is 2.00. The molecule has 0 aliphatic heterocycles. The minimum Gasteiger partial charge on any atom is -0.488 e. The lowest BCUT2D eigenvalue weighted by Gasteiger charge is -2.14. The van der Waals surface area contributed by atoms with Crippen LogP contribution in [0.4, 0.5) is 10.1 Å². The Morgan fingerprint density at radius 3 is 2.48 bits per heavy atom. The lowest BCUT2D eigenvalue weighted by Crippen LogP contribution is -2.05. The molecule has 0 aromatic heterocycles. The van der Waals surface area contributed by atoms with Gasteiger partial charge < -0.3 is 15.2 Å². The van der Waals surface area contributed by atoms with E-state index < -0.39 is 5.97 Å². The molecule has 0 radical (unpaired) electrons. The topological polar surface area (TPSA) is 58.6 Å². The molecule has 4 nitrogen and oxygen atoms in total. The molecule has 3 aromatic rings. The van der Waals surface area contributed by atoms with E-state index in [1.165, 1.54) is 18.2 Å². The molecule has 27 heavy (non-hydrogen) atoms. The van der Waals surface area contributed by atoms with Crippen LogP contribution in [0.1, 0.15) is 21.5 Å². The van der Waals surface area contributed by atoms with E-state index in [2.05, 4.69) is 5.32 Å². The number of rotatable bonds is 7. The van der Waals surface area contributed by atoms with E-state index in [-0.39, 0.29) is 23.0 Å². The molecule has 0 saturated carbocycles.